The maximum absolute atomic E-state index is 6.11. The van der Waals surface area contributed by atoms with E-state index in [-0.39, 0.29) is 6.04 Å². The van der Waals surface area contributed by atoms with Crippen LogP contribution in [0.5, 0.6) is 0 Å². The summed E-state index contributed by atoms with van der Waals surface area (Å²) in [6.45, 7) is 3.06. The van der Waals surface area contributed by atoms with Crippen molar-refractivity contribution in [1.29, 1.82) is 0 Å². The van der Waals surface area contributed by atoms with Crippen molar-refractivity contribution in [2.24, 2.45) is 5.73 Å². The van der Waals surface area contributed by atoms with E-state index in [0.29, 0.717) is 0 Å². The molecule has 0 aliphatic rings. The first-order chi connectivity index (χ1) is 8.29. The van der Waals surface area contributed by atoms with E-state index < -0.39 is 0 Å². The highest BCUT2D eigenvalue weighted by atomic mass is 16.3. The molecule has 4 nitrogen and oxygen atoms in total. The van der Waals surface area contributed by atoms with Crippen LogP contribution in [0, 0.1) is 0 Å². The number of nitrogens with zero attached hydrogens (tertiary/aromatic N) is 2. The average Bonchev–Trinajstić information content (AvgIpc) is 2.97. The smallest absolute Gasteiger partial charge is 0.110 e. The number of hydrogen-bond acceptors (Lipinski definition) is 3. The van der Waals surface area contributed by atoms with Gasteiger partial charge in [-0.15, -0.1) is 0 Å². The Kier molecular flexibility index (Phi) is 3.98. The second-order valence-electron chi connectivity index (χ2n) is 4.21. The molecule has 2 rings (SSSR count). The third-order valence-electron chi connectivity index (χ3n) is 2.93. The van der Waals surface area contributed by atoms with Crippen molar-refractivity contribution in [2.75, 3.05) is 0 Å². The average molecular weight is 233 g/mol. The molecule has 0 amide bonds. The van der Waals surface area contributed by atoms with Gasteiger partial charge in [-0.1, -0.05) is 0 Å². The van der Waals surface area contributed by atoms with Crippen LogP contribution >= 0.6 is 0 Å². The number of imidazole rings is 1. The zero-order valence-electron chi connectivity index (χ0n) is 10.2. The van der Waals surface area contributed by atoms with Gasteiger partial charge in [-0.3, -0.25) is 0 Å². The first kappa shape index (κ1) is 11.9. The van der Waals surface area contributed by atoms with E-state index in [1.165, 1.54) is 0 Å². The highest BCUT2D eigenvalue weighted by Crippen LogP contribution is 2.08. The predicted molar refractivity (Wildman–Crippen MR) is 66.6 cm³/mol. The molecule has 0 aromatic carbocycles. The van der Waals surface area contributed by atoms with E-state index in [2.05, 4.69) is 16.5 Å². The Labute approximate surface area is 101 Å². The van der Waals surface area contributed by atoms with Gasteiger partial charge in [0.15, 0.2) is 0 Å². The van der Waals surface area contributed by atoms with Crippen LogP contribution in [-0.2, 0) is 19.4 Å². The normalized spacial score (nSPS) is 12.8. The summed E-state index contributed by atoms with van der Waals surface area (Å²) in [5.74, 6) is 2.07. The van der Waals surface area contributed by atoms with E-state index in [1.807, 2.05) is 24.5 Å². The largest absolute Gasteiger partial charge is 0.469 e. The quantitative estimate of drug-likeness (QED) is 0.830. The van der Waals surface area contributed by atoms with Crippen molar-refractivity contribution in [3.63, 3.8) is 0 Å². The van der Waals surface area contributed by atoms with Crippen LogP contribution in [0.4, 0.5) is 0 Å². The topological polar surface area (TPSA) is 57.0 Å². The van der Waals surface area contributed by atoms with E-state index in [4.69, 9.17) is 10.2 Å². The molecule has 0 saturated heterocycles. The zero-order chi connectivity index (χ0) is 12.1. The zero-order valence-corrected chi connectivity index (χ0v) is 10.2. The van der Waals surface area contributed by atoms with Crippen LogP contribution in [0.25, 0.3) is 0 Å². The number of aryl methyl sites for hydroxylation is 2. The molecule has 2 aromatic heterocycles. The van der Waals surface area contributed by atoms with Crippen LogP contribution in [0.2, 0.25) is 0 Å². The Morgan fingerprint density at radius 1 is 1.53 bits per heavy atom. The number of hydrogen-bond donors (Lipinski definition) is 1. The first-order valence-corrected chi connectivity index (χ1v) is 6.07. The Hall–Kier alpha value is -1.55. The van der Waals surface area contributed by atoms with Crippen molar-refractivity contribution in [1.82, 2.24) is 9.55 Å². The number of aromatic nitrogens is 2. The highest BCUT2D eigenvalue weighted by molar-refractivity contribution is 5.00. The summed E-state index contributed by atoms with van der Waals surface area (Å²) in [7, 11) is 0. The summed E-state index contributed by atoms with van der Waals surface area (Å²) in [5, 5.41) is 0. The third kappa shape index (κ3) is 3.20. The summed E-state index contributed by atoms with van der Waals surface area (Å²) < 4.78 is 7.42. The van der Waals surface area contributed by atoms with Gasteiger partial charge in [0.1, 0.15) is 11.6 Å². The lowest BCUT2D eigenvalue weighted by Gasteiger charge is -2.11. The predicted octanol–water partition coefficient (Wildman–Crippen LogP) is 2.00. The van der Waals surface area contributed by atoms with Gasteiger partial charge in [0, 0.05) is 37.8 Å². The molecule has 1 atom stereocenters. The molecule has 0 aliphatic heterocycles. The van der Waals surface area contributed by atoms with Gasteiger partial charge in [-0.05, 0) is 25.5 Å². The lowest BCUT2D eigenvalue weighted by Crippen LogP contribution is -2.25. The molecule has 0 spiro atoms. The Morgan fingerprint density at radius 2 is 2.41 bits per heavy atom. The molecule has 2 aromatic rings. The Balaban J connectivity index is 1.83. The van der Waals surface area contributed by atoms with Crippen molar-refractivity contribution in [2.45, 2.75) is 38.8 Å². The molecule has 17 heavy (non-hydrogen) atoms. The minimum Gasteiger partial charge on any atom is -0.469 e. The molecule has 2 heterocycles. The fraction of sp³-hybridized carbons (Fsp3) is 0.462. The lowest BCUT2D eigenvalue weighted by molar-refractivity contribution is 0.479. The number of furan rings is 1. The number of rotatable bonds is 6. The van der Waals surface area contributed by atoms with Crippen LogP contribution < -0.4 is 5.73 Å². The van der Waals surface area contributed by atoms with E-state index in [0.717, 1.165) is 37.4 Å². The van der Waals surface area contributed by atoms with E-state index >= 15 is 0 Å². The Morgan fingerprint density at radius 3 is 3.12 bits per heavy atom. The maximum atomic E-state index is 6.11. The SMILES string of the molecule is CCn1ccnc1CC(N)CCc1ccco1. The van der Waals surface area contributed by atoms with Crippen LogP contribution in [-0.4, -0.2) is 15.6 Å². The molecule has 0 saturated carbocycles. The summed E-state index contributed by atoms with van der Waals surface area (Å²) in [6, 6.07) is 4.03. The summed E-state index contributed by atoms with van der Waals surface area (Å²) >= 11 is 0. The van der Waals surface area contributed by atoms with Gasteiger partial charge in [-0.25, -0.2) is 4.98 Å². The van der Waals surface area contributed by atoms with E-state index in [1.54, 1.807) is 6.26 Å². The minimum absolute atomic E-state index is 0.132. The van der Waals surface area contributed by atoms with Crippen LogP contribution in [0.1, 0.15) is 24.9 Å². The second kappa shape index (κ2) is 5.68. The molecular weight excluding hydrogens is 214 g/mol. The minimum atomic E-state index is 0.132. The lowest BCUT2D eigenvalue weighted by atomic mass is 10.1. The molecule has 0 bridgehead atoms. The standard InChI is InChI=1S/C13H19N3O/c1-2-16-8-7-15-13(16)10-11(14)5-6-12-4-3-9-17-12/h3-4,7-9,11H,2,5-6,10,14H2,1H3. The molecule has 0 radical (unpaired) electrons. The maximum Gasteiger partial charge on any atom is 0.110 e. The number of nitrogens with two attached hydrogens (primary N) is 1. The van der Waals surface area contributed by atoms with Crippen molar-refractivity contribution < 1.29 is 4.42 Å². The fourth-order valence-electron chi connectivity index (χ4n) is 1.94. The van der Waals surface area contributed by atoms with Gasteiger partial charge in [0.25, 0.3) is 0 Å². The monoisotopic (exact) mass is 233 g/mol. The van der Waals surface area contributed by atoms with Crippen molar-refractivity contribution in [3.05, 3.63) is 42.4 Å². The van der Waals surface area contributed by atoms with Crippen molar-refractivity contribution >= 4 is 0 Å². The highest BCUT2D eigenvalue weighted by Gasteiger charge is 2.09. The molecule has 0 fully saturated rings. The van der Waals surface area contributed by atoms with Gasteiger partial charge < -0.3 is 14.7 Å². The van der Waals surface area contributed by atoms with Crippen molar-refractivity contribution in [3.8, 4) is 0 Å². The summed E-state index contributed by atoms with van der Waals surface area (Å²) in [5.41, 5.74) is 6.11. The molecular formula is C13H19N3O. The van der Waals surface area contributed by atoms with Crippen LogP contribution in [0.3, 0.4) is 0 Å². The van der Waals surface area contributed by atoms with Gasteiger partial charge in [-0.2, -0.15) is 0 Å². The summed E-state index contributed by atoms with van der Waals surface area (Å²) in [4.78, 5) is 4.33. The second-order valence-corrected chi connectivity index (χ2v) is 4.21. The molecule has 92 valence electrons. The third-order valence-corrected chi connectivity index (χ3v) is 2.93. The first-order valence-electron chi connectivity index (χ1n) is 6.07. The van der Waals surface area contributed by atoms with Crippen LogP contribution in [0.15, 0.2) is 35.2 Å². The van der Waals surface area contributed by atoms with Gasteiger partial charge >= 0.3 is 0 Å². The van der Waals surface area contributed by atoms with Gasteiger partial charge in [0.2, 0.25) is 0 Å². The summed E-state index contributed by atoms with van der Waals surface area (Å²) in [6.07, 6.45) is 8.16. The fourth-order valence-corrected chi connectivity index (χ4v) is 1.94. The molecule has 2 N–H and O–H groups in total. The van der Waals surface area contributed by atoms with E-state index in [9.17, 15) is 0 Å². The molecule has 1 unspecified atom stereocenters. The Bertz CT molecular complexity index is 433. The van der Waals surface area contributed by atoms with Gasteiger partial charge in [0.05, 0.1) is 6.26 Å². The molecule has 4 heteroatoms. The molecule has 0 aliphatic carbocycles.